The van der Waals surface area contributed by atoms with Gasteiger partial charge in [0.2, 0.25) is 0 Å². The molecule has 0 saturated carbocycles. The van der Waals surface area contributed by atoms with Gasteiger partial charge in [-0.25, -0.2) is 8.42 Å². The lowest BCUT2D eigenvalue weighted by molar-refractivity contribution is 0.242. The van der Waals surface area contributed by atoms with Gasteiger partial charge >= 0.3 is 0 Å². The first-order valence-electron chi connectivity index (χ1n) is 6.46. The van der Waals surface area contributed by atoms with Crippen LogP contribution in [0.15, 0.2) is 24.3 Å². The Morgan fingerprint density at radius 1 is 1.11 bits per heavy atom. The minimum absolute atomic E-state index is 0.0327. The Morgan fingerprint density at radius 3 is 2.05 bits per heavy atom. The minimum Gasteiger partial charge on any atom is -0.491 e. The second kappa shape index (κ2) is 6.39. The Bertz CT molecular complexity index is 492. The van der Waals surface area contributed by atoms with Crippen molar-refractivity contribution in [2.24, 2.45) is 5.73 Å². The highest BCUT2D eigenvalue weighted by Crippen LogP contribution is 2.19. The van der Waals surface area contributed by atoms with Gasteiger partial charge in [0.1, 0.15) is 5.75 Å². The van der Waals surface area contributed by atoms with E-state index in [4.69, 9.17) is 10.5 Å². The Morgan fingerprint density at radius 2 is 1.63 bits per heavy atom. The van der Waals surface area contributed by atoms with Crippen molar-refractivity contribution >= 4 is 9.84 Å². The fraction of sp³-hybridized carbons (Fsp3) is 0.571. The lowest BCUT2D eigenvalue weighted by atomic mass is 10.1. The summed E-state index contributed by atoms with van der Waals surface area (Å²) in [5.74, 6) is 0.729. The van der Waals surface area contributed by atoms with Gasteiger partial charge in [0, 0.05) is 6.04 Å². The van der Waals surface area contributed by atoms with E-state index in [1.807, 2.05) is 38.1 Å². The van der Waals surface area contributed by atoms with Crippen LogP contribution in [0.2, 0.25) is 0 Å². The fourth-order valence-electron chi connectivity index (χ4n) is 1.60. The Kier molecular flexibility index (Phi) is 5.38. The molecule has 0 spiro atoms. The third kappa shape index (κ3) is 4.84. The van der Waals surface area contributed by atoms with Crippen LogP contribution in [0.5, 0.6) is 5.75 Å². The number of hydrogen-bond donors (Lipinski definition) is 1. The van der Waals surface area contributed by atoms with Crippen LogP contribution >= 0.6 is 0 Å². The van der Waals surface area contributed by atoms with E-state index in [1.165, 1.54) is 0 Å². The van der Waals surface area contributed by atoms with Gasteiger partial charge in [-0.2, -0.15) is 0 Å². The van der Waals surface area contributed by atoms with Crippen molar-refractivity contribution in [1.82, 2.24) is 0 Å². The first kappa shape index (κ1) is 16.0. The van der Waals surface area contributed by atoms with Crippen molar-refractivity contribution < 1.29 is 13.2 Å². The highest BCUT2D eigenvalue weighted by molar-refractivity contribution is 7.92. The van der Waals surface area contributed by atoms with Gasteiger partial charge in [-0.1, -0.05) is 12.1 Å². The van der Waals surface area contributed by atoms with Crippen LogP contribution in [0, 0.1) is 0 Å². The van der Waals surface area contributed by atoms with E-state index in [0.29, 0.717) is 0 Å². The smallest absolute Gasteiger partial charge is 0.154 e. The predicted molar refractivity (Wildman–Crippen MR) is 78.1 cm³/mol. The molecule has 1 rings (SSSR count). The Hall–Kier alpha value is -1.07. The van der Waals surface area contributed by atoms with E-state index in [-0.39, 0.29) is 11.9 Å². The van der Waals surface area contributed by atoms with Gasteiger partial charge in [0.05, 0.1) is 17.1 Å². The molecule has 0 aliphatic carbocycles. The fourth-order valence-corrected chi connectivity index (χ4v) is 2.68. The lowest BCUT2D eigenvalue weighted by Crippen LogP contribution is -2.26. The Balaban J connectivity index is 2.76. The van der Waals surface area contributed by atoms with E-state index in [0.717, 1.165) is 11.3 Å². The summed E-state index contributed by atoms with van der Waals surface area (Å²) in [5, 5.41) is -0.401. The normalized spacial score (nSPS) is 13.8. The number of ether oxygens (including phenoxy) is 1. The third-order valence-electron chi connectivity index (χ3n) is 2.81. The van der Waals surface area contributed by atoms with E-state index < -0.39 is 21.1 Å². The number of benzene rings is 1. The van der Waals surface area contributed by atoms with E-state index in [1.54, 1.807) is 13.8 Å². The number of rotatable bonds is 6. The molecule has 0 fully saturated rings. The molecule has 1 aromatic rings. The van der Waals surface area contributed by atoms with Gasteiger partial charge in [0.25, 0.3) is 0 Å². The zero-order valence-corrected chi connectivity index (χ0v) is 12.8. The molecule has 1 atom stereocenters. The van der Waals surface area contributed by atoms with E-state index in [2.05, 4.69) is 0 Å². The number of sulfone groups is 1. The molecular weight excluding hydrogens is 262 g/mol. The molecule has 0 heterocycles. The van der Waals surface area contributed by atoms with E-state index in [9.17, 15) is 8.42 Å². The quantitative estimate of drug-likeness (QED) is 0.870. The standard InChI is InChI=1S/C14H23NO3S/c1-10(2)18-13-7-5-12(6-8-13)14(15)9-19(16,17)11(3)4/h5-8,10-11,14H,9,15H2,1-4H3. The molecule has 0 bridgehead atoms. The monoisotopic (exact) mass is 285 g/mol. The summed E-state index contributed by atoms with van der Waals surface area (Å²) in [4.78, 5) is 0. The SMILES string of the molecule is CC(C)Oc1ccc(C(N)CS(=O)(=O)C(C)C)cc1. The van der Waals surface area contributed by atoms with Crippen molar-refractivity contribution in [3.8, 4) is 5.75 Å². The van der Waals surface area contributed by atoms with Crippen molar-refractivity contribution in [3.63, 3.8) is 0 Å². The second-order valence-electron chi connectivity index (χ2n) is 5.22. The summed E-state index contributed by atoms with van der Waals surface area (Å²) in [7, 11) is -3.13. The van der Waals surface area contributed by atoms with Crippen LogP contribution in [0.1, 0.15) is 39.3 Å². The maximum Gasteiger partial charge on any atom is 0.154 e. The van der Waals surface area contributed by atoms with Crippen molar-refractivity contribution in [2.75, 3.05) is 5.75 Å². The maximum absolute atomic E-state index is 11.8. The van der Waals surface area contributed by atoms with Crippen molar-refractivity contribution in [1.29, 1.82) is 0 Å². The molecule has 2 N–H and O–H groups in total. The van der Waals surface area contributed by atoms with Crippen LogP contribution in [-0.4, -0.2) is 25.5 Å². The van der Waals surface area contributed by atoms with Crippen LogP contribution < -0.4 is 10.5 Å². The summed E-state index contributed by atoms with van der Waals surface area (Å²) in [5.41, 5.74) is 6.76. The summed E-state index contributed by atoms with van der Waals surface area (Å²) in [6, 6.07) is 6.77. The zero-order chi connectivity index (χ0) is 14.6. The Labute approximate surface area is 115 Å². The first-order chi connectivity index (χ1) is 8.72. The van der Waals surface area contributed by atoms with Gasteiger partial charge in [-0.3, -0.25) is 0 Å². The van der Waals surface area contributed by atoms with Gasteiger partial charge < -0.3 is 10.5 Å². The molecule has 0 amide bonds. The predicted octanol–water partition coefficient (Wildman–Crippen LogP) is 2.30. The van der Waals surface area contributed by atoms with Gasteiger partial charge in [0.15, 0.2) is 9.84 Å². The van der Waals surface area contributed by atoms with Crippen LogP contribution in [-0.2, 0) is 9.84 Å². The lowest BCUT2D eigenvalue weighted by Gasteiger charge is -2.15. The number of hydrogen-bond acceptors (Lipinski definition) is 4. The summed E-state index contributed by atoms with van der Waals surface area (Å²) in [6.07, 6.45) is 0.112. The summed E-state index contributed by atoms with van der Waals surface area (Å²) < 4.78 is 29.2. The average Bonchev–Trinajstić information content (AvgIpc) is 2.28. The molecule has 19 heavy (non-hydrogen) atoms. The van der Waals surface area contributed by atoms with Crippen LogP contribution in [0.4, 0.5) is 0 Å². The highest BCUT2D eigenvalue weighted by atomic mass is 32.2. The van der Waals surface area contributed by atoms with Crippen LogP contribution in [0.25, 0.3) is 0 Å². The van der Waals surface area contributed by atoms with Gasteiger partial charge in [-0.05, 0) is 45.4 Å². The molecule has 0 aliphatic rings. The van der Waals surface area contributed by atoms with Gasteiger partial charge in [-0.15, -0.1) is 0 Å². The average molecular weight is 285 g/mol. The molecular formula is C14H23NO3S. The minimum atomic E-state index is -3.13. The molecule has 108 valence electrons. The topological polar surface area (TPSA) is 69.4 Å². The third-order valence-corrected chi connectivity index (χ3v) is 5.07. The second-order valence-corrected chi connectivity index (χ2v) is 7.82. The zero-order valence-electron chi connectivity index (χ0n) is 12.0. The molecule has 0 aliphatic heterocycles. The summed E-state index contributed by atoms with van der Waals surface area (Å²) in [6.45, 7) is 7.24. The molecule has 5 heteroatoms. The molecule has 0 aromatic heterocycles. The first-order valence-corrected chi connectivity index (χ1v) is 8.17. The van der Waals surface area contributed by atoms with Crippen LogP contribution in [0.3, 0.4) is 0 Å². The highest BCUT2D eigenvalue weighted by Gasteiger charge is 2.21. The molecule has 1 unspecified atom stereocenters. The largest absolute Gasteiger partial charge is 0.491 e. The summed E-state index contributed by atoms with van der Waals surface area (Å²) >= 11 is 0. The van der Waals surface area contributed by atoms with E-state index >= 15 is 0 Å². The molecule has 4 nitrogen and oxygen atoms in total. The maximum atomic E-state index is 11.8. The number of nitrogens with two attached hydrogens (primary N) is 1. The van der Waals surface area contributed by atoms with Crippen molar-refractivity contribution in [2.45, 2.75) is 45.1 Å². The molecule has 0 saturated heterocycles. The van der Waals surface area contributed by atoms with Crippen molar-refractivity contribution in [3.05, 3.63) is 29.8 Å². The molecule has 1 aromatic carbocycles. The molecule has 0 radical (unpaired) electrons.